The number of aryl methyl sites for hydroxylation is 1. The van der Waals surface area contributed by atoms with Gasteiger partial charge in [-0.3, -0.25) is 4.55 Å². The fraction of sp³-hybridized carbons (Fsp3) is 0.739. The van der Waals surface area contributed by atoms with Crippen LogP contribution in [0.2, 0.25) is 0 Å². The molecule has 0 spiro atoms. The summed E-state index contributed by atoms with van der Waals surface area (Å²) in [7, 11) is -4.38. The van der Waals surface area contributed by atoms with E-state index in [0.717, 1.165) is 19.3 Å². The first-order valence-electron chi connectivity index (χ1n) is 11.2. The summed E-state index contributed by atoms with van der Waals surface area (Å²) in [5, 5.41) is 9.71. The predicted molar refractivity (Wildman–Crippen MR) is 117 cm³/mol. The van der Waals surface area contributed by atoms with Crippen molar-refractivity contribution in [3.63, 3.8) is 0 Å². The van der Waals surface area contributed by atoms with E-state index in [1.807, 2.05) is 0 Å². The molecule has 5 heteroatoms. The van der Waals surface area contributed by atoms with E-state index in [9.17, 15) is 18.1 Å². The third-order valence-electron chi connectivity index (χ3n) is 5.38. The van der Waals surface area contributed by atoms with Gasteiger partial charge in [0.2, 0.25) is 0 Å². The lowest BCUT2D eigenvalue weighted by atomic mass is 10.0. The smallest absolute Gasteiger partial charge is 0.298 e. The first-order chi connectivity index (χ1) is 13.5. The van der Waals surface area contributed by atoms with Gasteiger partial charge in [-0.25, -0.2) is 0 Å². The highest BCUT2D eigenvalue weighted by Crippen LogP contribution is 2.27. The van der Waals surface area contributed by atoms with Crippen molar-refractivity contribution in [2.45, 2.75) is 115 Å². The molecule has 0 unspecified atom stereocenters. The van der Waals surface area contributed by atoms with Crippen LogP contribution in [0.4, 0.5) is 0 Å². The summed E-state index contributed by atoms with van der Waals surface area (Å²) in [6.07, 6.45) is 19.8. The summed E-state index contributed by atoms with van der Waals surface area (Å²) in [5.74, 6) is -0.374. The van der Waals surface area contributed by atoms with Crippen LogP contribution in [0.3, 0.4) is 0 Å². The third kappa shape index (κ3) is 11.1. The molecule has 0 bridgehead atoms. The molecular formula is C23H40O4S. The maximum atomic E-state index is 11.4. The molecule has 0 radical (unpaired) electrons. The van der Waals surface area contributed by atoms with Crippen LogP contribution >= 0.6 is 0 Å². The second-order valence-electron chi connectivity index (χ2n) is 7.94. The zero-order valence-corrected chi connectivity index (χ0v) is 18.5. The maximum absolute atomic E-state index is 11.4. The Morgan fingerprint density at radius 3 is 1.57 bits per heavy atom. The Morgan fingerprint density at radius 1 is 0.714 bits per heavy atom. The Balaban J connectivity index is 2.01. The quantitative estimate of drug-likeness (QED) is 0.212. The molecule has 0 saturated carbocycles. The molecule has 0 heterocycles. The highest BCUT2D eigenvalue weighted by atomic mass is 32.2. The summed E-state index contributed by atoms with van der Waals surface area (Å²) in [6.45, 7) is 2.26. The SMILES string of the molecule is CCCCCCCCCCCCCCCCCc1cccc(O)c1S(=O)(=O)O. The number of hydrogen-bond donors (Lipinski definition) is 2. The molecule has 4 nitrogen and oxygen atoms in total. The molecule has 0 aliphatic carbocycles. The fourth-order valence-electron chi connectivity index (χ4n) is 3.75. The van der Waals surface area contributed by atoms with E-state index in [1.165, 1.54) is 83.1 Å². The minimum absolute atomic E-state index is 0.333. The highest BCUT2D eigenvalue weighted by Gasteiger charge is 2.19. The molecule has 28 heavy (non-hydrogen) atoms. The Kier molecular flexibility index (Phi) is 13.3. The van der Waals surface area contributed by atoms with E-state index < -0.39 is 10.1 Å². The number of hydrogen-bond acceptors (Lipinski definition) is 3. The minimum Gasteiger partial charge on any atom is -0.506 e. The second-order valence-corrected chi connectivity index (χ2v) is 9.30. The van der Waals surface area contributed by atoms with Gasteiger partial charge in [0.15, 0.2) is 0 Å². The summed E-state index contributed by atoms with van der Waals surface area (Å²) >= 11 is 0. The first-order valence-corrected chi connectivity index (χ1v) is 12.7. The van der Waals surface area contributed by atoms with E-state index in [1.54, 1.807) is 12.1 Å². The number of phenols is 1. The lowest BCUT2D eigenvalue weighted by Gasteiger charge is -2.09. The van der Waals surface area contributed by atoms with E-state index >= 15 is 0 Å². The molecule has 2 N–H and O–H groups in total. The minimum atomic E-state index is -4.38. The van der Waals surface area contributed by atoms with Crippen molar-refractivity contribution in [1.29, 1.82) is 0 Å². The fourth-order valence-corrected chi connectivity index (χ4v) is 4.59. The topological polar surface area (TPSA) is 74.6 Å². The summed E-state index contributed by atoms with van der Waals surface area (Å²) < 4.78 is 32.1. The Labute approximate surface area is 172 Å². The van der Waals surface area contributed by atoms with Crippen LogP contribution in [0, 0.1) is 0 Å². The van der Waals surface area contributed by atoms with E-state index in [0.29, 0.717) is 12.0 Å². The maximum Gasteiger partial charge on any atom is 0.298 e. The van der Waals surface area contributed by atoms with Crippen LogP contribution in [0.5, 0.6) is 5.75 Å². The lowest BCUT2D eigenvalue weighted by molar-refractivity contribution is 0.440. The molecule has 1 rings (SSSR count). The number of rotatable bonds is 17. The largest absolute Gasteiger partial charge is 0.506 e. The summed E-state index contributed by atoms with van der Waals surface area (Å²) in [5.41, 5.74) is 0.497. The molecular weight excluding hydrogens is 372 g/mol. The predicted octanol–water partition coefficient (Wildman–Crippen LogP) is 7.05. The molecule has 0 aliphatic heterocycles. The molecule has 0 fully saturated rings. The van der Waals surface area contributed by atoms with Crippen molar-refractivity contribution in [1.82, 2.24) is 0 Å². The van der Waals surface area contributed by atoms with Gasteiger partial charge in [-0.05, 0) is 24.5 Å². The molecule has 0 saturated heterocycles. The second kappa shape index (κ2) is 14.9. The lowest BCUT2D eigenvalue weighted by Crippen LogP contribution is -2.03. The molecule has 162 valence electrons. The average Bonchev–Trinajstić information content (AvgIpc) is 2.64. The van der Waals surface area contributed by atoms with Crippen molar-refractivity contribution in [2.24, 2.45) is 0 Å². The number of phenolic OH excluding ortho intramolecular Hbond substituents is 1. The molecule has 1 aromatic rings. The number of unbranched alkanes of at least 4 members (excludes halogenated alkanes) is 14. The van der Waals surface area contributed by atoms with Crippen molar-refractivity contribution < 1.29 is 18.1 Å². The van der Waals surface area contributed by atoms with Crippen LogP contribution in [0.1, 0.15) is 109 Å². The third-order valence-corrected chi connectivity index (χ3v) is 6.37. The van der Waals surface area contributed by atoms with Gasteiger partial charge in [-0.1, -0.05) is 109 Å². The Hall–Kier alpha value is -1.07. The van der Waals surface area contributed by atoms with Crippen LogP contribution in [0.15, 0.2) is 23.1 Å². The first kappa shape index (κ1) is 25.0. The Bertz CT molecular complexity index is 625. The van der Waals surface area contributed by atoms with Gasteiger partial charge < -0.3 is 5.11 Å². The number of benzene rings is 1. The molecule has 0 aliphatic rings. The van der Waals surface area contributed by atoms with Crippen LogP contribution in [-0.4, -0.2) is 18.1 Å². The number of aromatic hydroxyl groups is 1. The van der Waals surface area contributed by atoms with E-state index in [4.69, 9.17) is 0 Å². The van der Waals surface area contributed by atoms with Gasteiger partial charge in [0.25, 0.3) is 10.1 Å². The van der Waals surface area contributed by atoms with Crippen molar-refractivity contribution in [2.75, 3.05) is 0 Å². The molecule has 0 atom stereocenters. The molecule has 0 amide bonds. The Morgan fingerprint density at radius 2 is 1.14 bits per heavy atom. The zero-order chi connectivity index (χ0) is 20.7. The normalized spacial score (nSPS) is 11.8. The molecule has 0 aromatic heterocycles. The van der Waals surface area contributed by atoms with Gasteiger partial charge in [-0.15, -0.1) is 0 Å². The average molecular weight is 413 g/mol. The van der Waals surface area contributed by atoms with Crippen LogP contribution < -0.4 is 0 Å². The summed E-state index contributed by atoms with van der Waals surface area (Å²) in [4.78, 5) is -0.333. The van der Waals surface area contributed by atoms with Gasteiger partial charge in [0, 0.05) is 0 Å². The van der Waals surface area contributed by atoms with Crippen molar-refractivity contribution in [3.05, 3.63) is 23.8 Å². The van der Waals surface area contributed by atoms with Gasteiger partial charge >= 0.3 is 0 Å². The van der Waals surface area contributed by atoms with Gasteiger partial charge in [0.05, 0.1) is 0 Å². The van der Waals surface area contributed by atoms with Crippen LogP contribution in [0.25, 0.3) is 0 Å². The van der Waals surface area contributed by atoms with E-state index in [-0.39, 0.29) is 10.6 Å². The van der Waals surface area contributed by atoms with Crippen molar-refractivity contribution >= 4 is 10.1 Å². The zero-order valence-electron chi connectivity index (χ0n) is 17.7. The summed E-state index contributed by atoms with van der Waals surface area (Å²) in [6, 6.07) is 4.57. The van der Waals surface area contributed by atoms with Crippen LogP contribution in [-0.2, 0) is 16.5 Å². The monoisotopic (exact) mass is 412 g/mol. The van der Waals surface area contributed by atoms with E-state index in [2.05, 4.69) is 6.92 Å². The van der Waals surface area contributed by atoms with Gasteiger partial charge in [-0.2, -0.15) is 8.42 Å². The van der Waals surface area contributed by atoms with Gasteiger partial charge in [0.1, 0.15) is 10.6 Å². The van der Waals surface area contributed by atoms with Crippen molar-refractivity contribution in [3.8, 4) is 5.75 Å². The molecule has 1 aromatic carbocycles. The standard InChI is InChI=1S/C23H40O4S/c1-2-3-4-5-6-7-8-9-10-11-12-13-14-15-16-18-21-19-17-20-22(24)23(21)28(25,26)27/h17,19-20,24H,2-16,18H2,1H3,(H,25,26,27). The highest BCUT2D eigenvalue weighted by molar-refractivity contribution is 7.86.